The van der Waals surface area contributed by atoms with Gasteiger partial charge in [-0.2, -0.15) is 0 Å². The lowest BCUT2D eigenvalue weighted by atomic mass is 10.2. The zero-order valence-corrected chi connectivity index (χ0v) is 14.3. The van der Waals surface area contributed by atoms with Crippen LogP contribution >= 0.6 is 0 Å². The Morgan fingerprint density at radius 3 is 2.67 bits per heavy atom. The van der Waals surface area contributed by atoms with E-state index in [4.69, 9.17) is 4.74 Å². The summed E-state index contributed by atoms with van der Waals surface area (Å²) in [5.41, 5.74) is 0.267. The standard InChI is InChI=1S/C15H22N4O5/c1-16-15(21)19(3,9-5-8-17(2)11-20)13-10-12(18(22)23)6-7-14(13)24-4/h6-7,10-11H,5,8-9H2,1-4H3/p+1. The maximum absolute atomic E-state index is 12.5. The normalized spacial score (nSPS) is 12.8. The van der Waals surface area contributed by atoms with Crippen LogP contribution in [0.3, 0.4) is 0 Å². The number of ether oxygens (including phenoxy) is 1. The number of amides is 3. The van der Waals surface area contributed by atoms with Gasteiger partial charge in [-0.15, -0.1) is 0 Å². The van der Waals surface area contributed by atoms with E-state index in [0.29, 0.717) is 37.4 Å². The first-order chi connectivity index (χ1) is 11.3. The Labute approximate surface area is 140 Å². The monoisotopic (exact) mass is 339 g/mol. The highest BCUT2D eigenvalue weighted by Gasteiger charge is 2.37. The Balaban J connectivity index is 3.28. The first-order valence-corrected chi connectivity index (χ1v) is 7.36. The van der Waals surface area contributed by atoms with Gasteiger partial charge in [0.1, 0.15) is 0 Å². The van der Waals surface area contributed by atoms with Gasteiger partial charge >= 0.3 is 6.03 Å². The number of hydrogen-bond donors (Lipinski definition) is 1. The van der Waals surface area contributed by atoms with Gasteiger partial charge in [-0.05, 0) is 6.07 Å². The van der Waals surface area contributed by atoms with Gasteiger partial charge in [0, 0.05) is 33.1 Å². The first kappa shape index (κ1) is 19.4. The number of benzene rings is 1. The fourth-order valence-corrected chi connectivity index (χ4v) is 2.44. The van der Waals surface area contributed by atoms with Gasteiger partial charge in [0.2, 0.25) is 6.41 Å². The zero-order chi connectivity index (χ0) is 18.3. The molecule has 1 unspecified atom stereocenters. The molecule has 0 heterocycles. The first-order valence-electron chi connectivity index (χ1n) is 7.36. The highest BCUT2D eigenvalue weighted by atomic mass is 16.6. The lowest BCUT2D eigenvalue weighted by Gasteiger charge is -2.31. The number of carbonyl (C=O) groups excluding carboxylic acids is 2. The molecular formula is C15H23N4O5+. The van der Waals surface area contributed by atoms with Crippen molar-refractivity contribution in [3.05, 3.63) is 28.3 Å². The molecule has 1 aromatic carbocycles. The third-order valence-electron chi connectivity index (χ3n) is 3.86. The minimum absolute atomic E-state index is 0.121. The van der Waals surface area contributed by atoms with Crippen molar-refractivity contribution in [1.29, 1.82) is 0 Å². The largest absolute Gasteiger partial charge is 0.491 e. The number of nitrogens with zero attached hydrogens (tertiary/aromatic N) is 3. The van der Waals surface area contributed by atoms with Crippen molar-refractivity contribution in [1.82, 2.24) is 14.7 Å². The van der Waals surface area contributed by atoms with Gasteiger partial charge < -0.3 is 15.0 Å². The summed E-state index contributed by atoms with van der Waals surface area (Å²) >= 11 is 0. The average molecular weight is 339 g/mol. The lowest BCUT2D eigenvalue weighted by molar-refractivity contribution is -0.384. The van der Waals surface area contributed by atoms with Crippen LogP contribution in [0.15, 0.2) is 18.2 Å². The predicted molar refractivity (Wildman–Crippen MR) is 90.0 cm³/mol. The number of nitro groups is 1. The number of urea groups is 1. The van der Waals surface area contributed by atoms with Crippen LogP contribution in [0, 0.1) is 10.1 Å². The number of hydrogen-bond acceptors (Lipinski definition) is 5. The molecule has 132 valence electrons. The molecule has 0 aliphatic heterocycles. The van der Waals surface area contributed by atoms with E-state index in [-0.39, 0.29) is 16.2 Å². The maximum Gasteiger partial charge on any atom is 0.421 e. The van der Waals surface area contributed by atoms with Crippen molar-refractivity contribution >= 4 is 23.8 Å². The van der Waals surface area contributed by atoms with Gasteiger partial charge in [0.25, 0.3) is 5.69 Å². The summed E-state index contributed by atoms with van der Waals surface area (Å²) in [5, 5.41) is 13.7. The Hall–Kier alpha value is -2.68. The molecule has 0 bridgehead atoms. The van der Waals surface area contributed by atoms with Crippen molar-refractivity contribution in [3.8, 4) is 5.75 Å². The molecule has 9 nitrogen and oxygen atoms in total. The molecule has 9 heteroatoms. The molecule has 0 radical (unpaired) electrons. The van der Waals surface area contributed by atoms with Gasteiger partial charge in [0.05, 0.1) is 31.7 Å². The van der Waals surface area contributed by atoms with E-state index in [0.717, 1.165) is 0 Å². The Morgan fingerprint density at radius 2 is 2.17 bits per heavy atom. The molecule has 0 spiro atoms. The lowest BCUT2D eigenvalue weighted by Crippen LogP contribution is -2.56. The molecule has 1 aromatic rings. The molecule has 1 N–H and O–H groups in total. The minimum atomic E-state index is -0.517. The molecule has 1 atom stereocenters. The summed E-state index contributed by atoms with van der Waals surface area (Å²) in [4.78, 5) is 35.2. The minimum Gasteiger partial charge on any atom is -0.491 e. The van der Waals surface area contributed by atoms with Crippen LogP contribution in [0.4, 0.5) is 16.2 Å². The second-order valence-electron chi connectivity index (χ2n) is 5.52. The maximum atomic E-state index is 12.5. The van der Waals surface area contributed by atoms with Gasteiger partial charge in [0.15, 0.2) is 11.4 Å². The van der Waals surface area contributed by atoms with Crippen LogP contribution in [0.5, 0.6) is 5.75 Å². The number of methoxy groups -OCH3 is 1. The molecule has 0 fully saturated rings. The van der Waals surface area contributed by atoms with E-state index in [1.807, 2.05) is 0 Å². The van der Waals surface area contributed by atoms with Crippen molar-refractivity contribution < 1.29 is 19.2 Å². The number of non-ortho nitro benzene ring substituents is 1. The third-order valence-corrected chi connectivity index (χ3v) is 3.86. The molecule has 24 heavy (non-hydrogen) atoms. The molecule has 0 saturated carbocycles. The fraction of sp³-hybridized carbons (Fsp3) is 0.467. The number of nitro benzene ring substituents is 1. The molecule has 0 aliphatic rings. The third kappa shape index (κ3) is 4.19. The van der Waals surface area contributed by atoms with Crippen molar-refractivity contribution in [2.75, 3.05) is 41.3 Å². The van der Waals surface area contributed by atoms with Crippen LogP contribution in [-0.4, -0.2) is 63.6 Å². The van der Waals surface area contributed by atoms with Crippen molar-refractivity contribution in [2.45, 2.75) is 6.42 Å². The van der Waals surface area contributed by atoms with Gasteiger partial charge in [-0.1, -0.05) is 0 Å². The zero-order valence-electron chi connectivity index (χ0n) is 14.3. The molecule has 0 saturated heterocycles. The fourth-order valence-electron chi connectivity index (χ4n) is 2.44. The van der Waals surface area contributed by atoms with E-state index in [2.05, 4.69) is 5.32 Å². The molecular weight excluding hydrogens is 316 g/mol. The van der Waals surface area contributed by atoms with Crippen LogP contribution in [0.25, 0.3) is 0 Å². The van der Waals surface area contributed by atoms with Gasteiger partial charge in [-0.25, -0.2) is 9.28 Å². The van der Waals surface area contributed by atoms with Crippen LogP contribution in [0.2, 0.25) is 0 Å². The average Bonchev–Trinajstić information content (AvgIpc) is 2.59. The number of rotatable bonds is 8. The van der Waals surface area contributed by atoms with E-state index in [1.54, 1.807) is 14.1 Å². The number of nitrogens with one attached hydrogen (secondary N) is 1. The molecule has 0 aromatic heterocycles. The SMILES string of the molecule is CNC(=O)[N+](C)(CCCN(C)C=O)c1cc([N+](=O)[O-])ccc1OC. The number of carbonyl (C=O) groups is 2. The Kier molecular flexibility index (Phi) is 6.66. The van der Waals surface area contributed by atoms with E-state index in [1.165, 1.54) is 37.3 Å². The molecule has 0 aliphatic carbocycles. The second kappa shape index (κ2) is 8.25. The Morgan fingerprint density at radius 1 is 1.50 bits per heavy atom. The molecule has 1 rings (SSSR count). The summed E-state index contributed by atoms with van der Waals surface area (Å²) in [6, 6.07) is 3.82. The summed E-state index contributed by atoms with van der Waals surface area (Å²) in [5.74, 6) is 0.385. The van der Waals surface area contributed by atoms with Crippen LogP contribution in [-0.2, 0) is 4.79 Å². The highest BCUT2D eigenvalue weighted by Crippen LogP contribution is 2.36. The van der Waals surface area contributed by atoms with E-state index >= 15 is 0 Å². The number of quaternary nitrogens is 1. The van der Waals surface area contributed by atoms with Crippen LogP contribution < -0.4 is 14.5 Å². The van der Waals surface area contributed by atoms with Crippen molar-refractivity contribution in [2.24, 2.45) is 0 Å². The van der Waals surface area contributed by atoms with E-state index < -0.39 is 4.92 Å². The summed E-state index contributed by atoms with van der Waals surface area (Å²) in [6.07, 6.45) is 1.24. The van der Waals surface area contributed by atoms with Gasteiger partial charge in [-0.3, -0.25) is 14.9 Å². The second-order valence-corrected chi connectivity index (χ2v) is 5.52. The summed E-state index contributed by atoms with van der Waals surface area (Å²) in [6.45, 7) is 0.807. The Bertz CT molecular complexity index is 622. The summed E-state index contributed by atoms with van der Waals surface area (Å²) in [7, 11) is 6.24. The topological polar surface area (TPSA) is 102 Å². The quantitative estimate of drug-likeness (QED) is 0.333. The highest BCUT2D eigenvalue weighted by molar-refractivity contribution is 5.88. The summed E-state index contributed by atoms with van der Waals surface area (Å²) < 4.78 is 5.06. The van der Waals surface area contributed by atoms with E-state index in [9.17, 15) is 19.7 Å². The smallest absolute Gasteiger partial charge is 0.421 e. The van der Waals surface area contributed by atoms with Crippen molar-refractivity contribution in [3.63, 3.8) is 0 Å². The predicted octanol–water partition coefficient (Wildman–Crippen LogP) is 1.36. The van der Waals surface area contributed by atoms with Crippen LogP contribution in [0.1, 0.15) is 6.42 Å². The molecule has 3 amide bonds.